The van der Waals surface area contributed by atoms with Crippen LogP contribution >= 0.6 is 0 Å². The third-order valence-electron chi connectivity index (χ3n) is 5.03. The van der Waals surface area contributed by atoms with Crippen molar-refractivity contribution in [2.24, 2.45) is 0 Å². The summed E-state index contributed by atoms with van der Waals surface area (Å²) in [6, 6.07) is 5.45. The SMILES string of the molecule is COc1cc(-c2cc(C(=O)N3CCC(n4ccnn4)C3)[nH]n2)cc(OC)c1OC. The Morgan fingerprint density at radius 3 is 2.52 bits per heavy atom. The van der Waals surface area contributed by atoms with Crippen LogP contribution in [-0.2, 0) is 0 Å². The number of methoxy groups -OCH3 is 3. The fourth-order valence-electron chi connectivity index (χ4n) is 3.53. The zero-order valence-corrected chi connectivity index (χ0v) is 16.5. The van der Waals surface area contributed by atoms with E-state index in [0.29, 0.717) is 41.7 Å². The van der Waals surface area contributed by atoms with E-state index in [2.05, 4.69) is 20.5 Å². The lowest BCUT2D eigenvalue weighted by Crippen LogP contribution is -2.29. The number of H-pyrrole nitrogens is 1. The molecule has 0 bridgehead atoms. The highest BCUT2D eigenvalue weighted by molar-refractivity contribution is 5.93. The van der Waals surface area contributed by atoms with E-state index in [-0.39, 0.29) is 11.9 Å². The topological polar surface area (TPSA) is 107 Å². The van der Waals surface area contributed by atoms with Crippen molar-refractivity contribution in [3.63, 3.8) is 0 Å². The number of nitrogens with zero attached hydrogens (tertiary/aromatic N) is 5. The molecule has 1 amide bonds. The summed E-state index contributed by atoms with van der Waals surface area (Å²) in [5.74, 6) is 1.45. The van der Waals surface area contributed by atoms with Crippen LogP contribution in [0.3, 0.4) is 0 Å². The Bertz CT molecular complexity index is 975. The first-order valence-corrected chi connectivity index (χ1v) is 9.15. The maximum atomic E-state index is 12.9. The first-order chi connectivity index (χ1) is 14.1. The molecule has 1 aromatic carbocycles. The molecule has 10 nitrogen and oxygen atoms in total. The molecule has 4 rings (SSSR count). The maximum Gasteiger partial charge on any atom is 0.271 e. The molecule has 1 N–H and O–H groups in total. The summed E-state index contributed by atoms with van der Waals surface area (Å²) in [6.45, 7) is 1.24. The third kappa shape index (κ3) is 3.48. The van der Waals surface area contributed by atoms with Gasteiger partial charge in [-0.05, 0) is 24.6 Å². The quantitative estimate of drug-likeness (QED) is 0.674. The number of benzene rings is 1. The molecule has 0 spiro atoms. The number of carbonyl (C=O) groups is 1. The van der Waals surface area contributed by atoms with Crippen molar-refractivity contribution in [3.8, 4) is 28.5 Å². The molecule has 0 saturated carbocycles. The highest BCUT2D eigenvalue weighted by Crippen LogP contribution is 2.40. The van der Waals surface area contributed by atoms with Crippen molar-refractivity contribution in [2.45, 2.75) is 12.5 Å². The normalized spacial score (nSPS) is 16.1. The van der Waals surface area contributed by atoms with Crippen LogP contribution < -0.4 is 14.2 Å². The molecule has 1 fully saturated rings. The van der Waals surface area contributed by atoms with Crippen molar-refractivity contribution in [1.82, 2.24) is 30.1 Å². The number of likely N-dealkylation sites (tertiary alicyclic amines) is 1. The summed E-state index contributed by atoms with van der Waals surface area (Å²) in [4.78, 5) is 14.7. The molecular weight excluding hydrogens is 376 g/mol. The van der Waals surface area contributed by atoms with Crippen molar-refractivity contribution in [2.75, 3.05) is 34.4 Å². The summed E-state index contributed by atoms with van der Waals surface area (Å²) >= 11 is 0. The number of hydrogen-bond acceptors (Lipinski definition) is 7. The zero-order valence-electron chi connectivity index (χ0n) is 16.5. The molecule has 3 aromatic rings. The Labute approximate surface area is 167 Å². The van der Waals surface area contributed by atoms with Gasteiger partial charge < -0.3 is 19.1 Å². The summed E-state index contributed by atoms with van der Waals surface area (Å²) < 4.78 is 17.9. The van der Waals surface area contributed by atoms with Crippen molar-refractivity contribution >= 4 is 5.91 Å². The van der Waals surface area contributed by atoms with Crippen LogP contribution in [0.15, 0.2) is 30.6 Å². The number of amides is 1. The molecule has 1 unspecified atom stereocenters. The molecule has 0 aliphatic carbocycles. The van der Waals surface area contributed by atoms with E-state index in [1.54, 1.807) is 55.3 Å². The van der Waals surface area contributed by atoms with Crippen LogP contribution in [-0.4, -0.2) is 70.4 Å². The van der Waals surface area contributed by atoms with Crippen LogP contribution in [0.5, 0.6) is 17.2 Å². The largest absolute Gasteiger partial charge is 0.493 e. The van der Waals surface area contributed by atoms with Gasteiger partial charge in [0.15, 0.2) is 11.5 Å². The van der Waals surface area contributed by atoms with Gasteiger partial charge in [-0.25, -0.2) is 4.68 Å². The van der Waals surface area contributed by atoms with Crippen LogP contribution in [0.4, 0.5) is 0 Å². The summed E-state index contributed by atoms with van der Waals surface area (Å²) in [5, 5.41) is 15.0. The predicted octanol–water partition coefficient (Wildman–Crippen LogP) is 1.78. The third-order valence-corrected chi connectivity index (χ3v) is 5.03. The van der Waals surface area contributed by atoms with Crippen molar-refractivity contribution in [3.05, 3.63) is 36.3 Å². The second-order valence-electron chi connectivity index (χ2n) is 6.66. The molecule has 2 aromatic heterocycles. The van der Waals surface area contributed by atoms with Gasteiger partial charge in [-0.15, -0.1) is 5.10 Å². The standard InChI is InChI=1S/C19H22N6O4/c1-27-16-8-12(9-17(28-2)18(16)29-3)14-10-15(22-21-14)19(26)24-6-4-13(11-24)25-7-5-20-23-25/h5,7-10,13H,4,6,11H2,1-3H3,(H,21,22). The van der Waals surface area contributed by atoms with Crippen LogP contribution in [0, 0.1) is 0 Å². The van der Waals surface area contributed by atoms with Gasteiger partial charge >= 0.3 is 0 Å². The van der Waals surface area contributed by atoms with E-state index in [1.165, 1.54) is 0 Å². The van der Waals surface area contributed by atoms with Gasteiger partial charge in [-0.1, -0.05) is 5.21 Å². The van der Waals surface area contributed by atoms with Gasteiger partial charge in [0.1, 0.15) is 5.69 Å². The predicted molar refractivity (Wildman–Crippen MR) is 103 cm³/mol. The Kier molecular flexibility index (Phi) is 5.07. The fourth-order valence-corrected chi connectivity index (χ4v) is 3.53. The maximum absolute atomic E-state index is 12.9. The molecule has 1 atom stereocenters. The van der Waals surface area contributed by atoms with Gasteiger partial charge in [-0.2, -0.15) is 5.10 Å². The van der Waals surface area contributed by atoms with Crippen LogP contribution in [0.2, 0.25) is 0 Å². The minimum Gasteiger partial charge on any atom is -0.493 e. The number of rotatable bonds is 6. The minimum absolute atomic E-state index is 0.0983. The first kappa shape index (κ1) is 18.8. The Balaban J connectivity index is 1.55. The van der Waals surface area contributed by atoms with Crippen molar-refractivity contribution in [1.29, 1.82) is 0 Å². The fraction of sp³-hybridized carbons (Fsp3) is 0.368. The molecule has 10 heteroatoms. The number of hydrogen-bond donors (Lipinski definition) is 1. The number of aromatic nitrogens is 5. The summed E-state index contributed by atoms with van der Waals surface area (Å²) in [5.41, 5.74) is 1.78. The van der Waals surface area contributed by atoms with Crippen molar-refractivity contribution < 1.29 is 19.0 Å². The smallest absolute Gasteiger partial charge is 0.271 e. The zero-order chi connectivity index (χ0) is 20.4. The van der Waals surface area contributed by atoms with Gasteiger partial charge in [0.2, 0.25) is 5.75 Å². The molecule has 0 radical (unpaired) electrons. The summed E-state index contributed by atoms with van der Waals surface area (Å²) in [6.07, 6.45) is 4.30. The number of ether oxygens (including phenoxy) is 3. The number of nitrogens with one attached hydrogen (secondary N) is 1. The van der Waals surface area contributed by atoms with E-state index in [1.807, 2.05) is 6.20 Å². The highest BCUT2D eigenvalue weighted by Gasteiger charge is 2.29. The lowest BCUT2D eigenvalue weighted by molar-refractivity contribution is 0.0781. The number of carbonyl (C=O) groups excluding carboxylic acids is 1. The monoisotopic (exact) mass is 398 g/mol. The highest BCUT2D eigenvalue weighted by atomic mass is 16.5. The summed E-state index contributed by atoms with van der Waals surface area (Å²) in [7, 11) is 4.66. The molecular formula is C19H22N6O4. The molecule has 152 valence electrons. The molecule has 1 aliphatic heterocycles. The van der Waals surface area contributed by atoms with Gasteiger partial charge in [0.05, 0.1) is 39.3 Å². The lowest BCUT2D eigenvalue weighted by Gasteiger charge is -2.15. The number of aromatic amines is 1. The average Bonchev–Trinajstić information content (AvgIpc) is 3.52. The van der Waals surface area contributed by atoms with E-state index >= 15 is 0 Å². The molecule has 1 saturated heterocycles. The van der Waals surface area contributed by atoms with Gasteiger partial charge in [0.25, 0.3) is 5.91 Å². The van der Waals surface area contributed by atoms with Gasteiger partial charge in [0, 0.05) is 24.8 Å². The van der Waals surface area contributed by atoms with E-state index in [4.69, 9.17) is 14.2 Å². The average molecular weight is 398 g/mol. The molecule has 3 heterocycles. The molecule has 29 heavy (non-hydrogen) atoms. The second-order valence-corrected chi connectivity index (χ2v) is 6.66. The minimum atomic E-state index is -0.0983. The van der Waals surface area contributed by atoms with Crippen LogP contribution in [0.25, 0.3) is 11.3 Å². The second kappa shape index (κ2) is 7.82. The van der Waals surface area contributed by atoms with E-state index in [0.717, 1.165) is 12.0 Å². The lowest BCUT2D eigenvalue weighted by atomic mass is 10.1. The van der Waals surface area contributed by atoms with Crippen LogP contribution in [0.1, 0.15) is 23.0 Å². The first-order valence-electron chi connectivity index (χ1n) is 9.15. The van der Waals surface area contributed by atoms with Gasteiger partial charge in [-0.3, -0.25) is 9.89 Å². The van der Waals surface area contributed by atoms with E-state index in [9.17, 15) is 4.79 Å². The van der Waals surface area contributed by atoms with E-state index < -0.39 is 0 Å². The molecule has 1 aliphatic rings. The Hall–Kier alpha value is -3.56. The Morgan fingerprint density at radius 1 is 1.14 bits per heavy atom. The Morgan fingerprint density at radius 2 is 1.90 bits per heavy atom.